The average Bonchev–Trinajstić information content (AvgIpc) is 3.42. The molecule has 5 aromatic rings. The molecule has 7 heteroatoms. The van der Waals surface area contributed by atoms with E-state index in [-0.39, 0.29) is 11.8 Å². The number of amides is 1. The van der Waals surface area contributed by atoms with Crippen molar-refractivity contribution in [2.75, 3.05) is 19.6 Å². The minimum Gasteiger partial charge on any atom is -0.343 e. The first-order chi connectivity index (χ1) is 20.5. The topological polar surface area (TPSA) is 58.1 Å². The van der Waals surface area contributed by atoms with E-state index in [2.05, 4.69) is 58.8 Å². The fraction of sp³-hybridized carbons (Fsp3) is 0.229. The molecule has 1 N–H and O–H groups in total. The van der Waals surface area contributed by atoms with Gasteiger partial charge in [-0.15, -0.1) is 0 Å². The minimum absolute atomic E-state index is 0.0172. The van der Waals surface area contributed by atoms with Crippen molar-refractivity contribution in [2.45, 2.75) is 31.7 Å². The summed E-state index contributed by atoms with van der Waals surface area (Å²) in [4.78, 5) is 23.3. The third-order valence-electron chi connectivity index (χ3n) is 7.83. The molecule has 1 aliphatic heterocycles. The van der Waals surface area contributed by atoms with Crippen LogP contribution in [0.3, 0.4) is 0 Å². The summed E-state index contributed by atoms with van der Waals surface area (Å²) in [5.74, 6) is 0.259. The molecule has 3 aromatic carbocycles. The van der Waals surface area contributed by atoms with Crippen LogP contribution in [0.1, 0.15) is 47.6 Å². The van der Waals surface area contributed by atoms with Gasteiger partial charge in [-0.1, -0.05) is 59.6 Å². The SMILES string of the molecule is O=C1CCCN1CCCNCc1cc(-c2cccc(Cl)c2)c2cc(C(c3ccc(Cl)cc3)c3cccnc3)ccc2n1. The number of aromatic nitrogens is 2. The van der Waals surface area contributed by atoms with Crippen LogP contribution in [-0.2, 0) is 11.3 Å². The molecule has 0 radical (unpaired) electrons. The Morgan fingerprint density at radius 1 is 0.881 bits per heavy atom. The number of carbonyl (C=O) groups is 1. The van der Waals surface area contributed by atoms with Gasteiger partial charge in [0.1, 0.15) is 0 Å². The summed E-state index contributed by atoms with van der Waals surface area (Å²) in [5, 5.41) is 5.99. The molecule has 0 saturated carbocycles. The van der Waals surface area contributed by atoms with E-state index in [0.29, 0.717) is 23.0 Å². The van der Waals surface area contributed by atoms with Crippen molar-refractivity contribution in [1.82, 2.24) is 20.2 Å². The molecule has 0 spiro atoms. The Morgan fingerprint density at radius 3 is 2.50 bits per heavy atom. The number of nitrogens with one attached hydrogen (secondary N) is 1. The smallest absolute Gasteiger partial charge is 0.222 e. The van der Waals surface area contributed by atoms with Crippen LogP contribution in [0.2, 0.25) is 10.0 Å². The summed E-state index contributed by atoms with van der Waals surface area (Å²) < 4.78 is 0. The fourth-order valence-corrected chi connectivity index (χ4v) is 6.11. The fourth-order valence-electron chi connectivity index (χ4n) is 5.79. The number of rotatable bonds is 10. The second kappa shape index (κ2) is 13.0. The Kier molecular flexibility index (Phi) is 8.80. The van der Waals surface area contributed by atoms with Gasteiger partial charge in [-0.05, 0) is 95.7 Å². The van der Waals surface area contributed by atoms with Gasteiger partial charge in [0, 0.05) is 59.8 Å². The van der Waals surface area contributed by atoms with Crippen LogP contribution < -0.4 is 5.32 Å². The summed E-state index contributed by atoms with van der Waals surface area (Å²) in [6.07, 6.45) is 6.30. The molecule has 1 saturated heterocycles. The third-order valence-corrected chi connectivity index (χ3v) is 8.32. The van der Waals surface area contributed by atoms with Gasteiger partial charge in [-0.3, -0.25) is 14.8 Å². The highest BCUT2D eigenvalue weighted by molar-refractivity contribution is 6.31. The van der Waals surface area contributed by atoms with Crippen molar-refractivity contribution in [1.29, 1.82) is 0 Å². The van der Waals surface area contributed by atoms with Gasteiger partial charge in [0.2, 0.25) is 5.91 Å². The van der Waals surface area contributed by atoms with Gasteiger partial charge in [0.25, 0.3) is 0 Å². The van der Waals surface area contributed by atoms with E-state index < -0.39 is 0 Å². The summed E-state index contributed by atoms with van der Waals surface area (Å²) in [5.41, 5.74) is 7.41. The number of hydrogen-bond donors (Lipinski definition) is 1. The molecule has 0 bridgehead atoms. The van der Waals surface area contributed by atoms with Crippen molar-refractivity contribution in [3.8, 4) is 11.1 Å². The number of pyridine rings is 2. The van der Waals surface area contributed by atoms with Gasteiger partial charge < -0.3 is 10.2 Å². The molecule has 6 rings (SSSR count). The lowest BCUT2D eigenvalue weighted by molar-refractivity contribution is -0.127. The van der Waals surface area contributed by atoms with Gasteiger partial charge in [0.15, 0.2) is 0 Å². The zero-order chi connectivity index (χ0) is 28.9. The predicted octanol–water partition coefficient (Wildman–Crippen LogP) is 7.89. The molecule has 1 atom stereocenters. The van der Waals surface area contributed by atoms with E-state index in [1.54, 1.807) is 6.20 Å². The Morgan fingerprint density at radius 2 is 1.74 bits per heavy atom. The Hall–Kier alpha value is -3.77. The van der Waals surface area contributed by atoms with Crippen LogP contribution >= 0.6 is 23.2 Å². The highest BCUT2D eigenvalue weighted by atomic mass is 35.5. The van der Waals surface area contributed by atoms with E-state index in [9.17, 15) is 4.79 Å². The van der Waals surface area contributed by atoms with Crippen LogP contribution in [0.25, 0.3) is 22.0 Å². The van der Waals surface area contributed by atoms with Crippen molar-refractivity contribution < 1.29 is 4.79 Å². The predicted molar refractivity (Wildman–Crippen MR) is 171 cm³/mol. The molecule has 5 nitrogen and oxygen atoms in total. The van der Waals surface area contributed by atoms with Crippen molar-refractivity contribution in [3.05, 3.63) is 130 Å². The second-order valence-corrected chi connectivity index (χ2v) is 11.6. The monoisotopic (exact) mass is 594 g/mol. The highest BCUT2D eigenvalue weighted by Gasteiger charge is 2.20. The number of likely N-dealkylation sites (tertiary alicyclic amines) is 1. The van der Waals surface area contributed by atoms with Crippen LogP contribution in [0.5, 0.6) is 0 Å². The van der Waals surface area contributed by atoms with E-state index in [4.69, 9.17) is 28.2 Å². The summed E-state index contributed by atoms with van der Waals surface area (Å²) >= 11 is 12.7. The second-order valence-electron chi connectivity index (χ2n) is 10.7. The molecule has 1 unspecified atom stereocenters. The number of nitrogens with zero attached hydrogens (tertiary/aromatic N) is 3. The zero-order valence-electron chi connectivity index (χ0n) is 23.3. The molecule has 3 heterocycles. The van der Waals surface area contributed by atoms with Gasteiger partial charge >= 0.3 is 0 Å². The van der Waals surface area contributed by atoms with Gasteiger partial charge in [0.05, 0.1) is 11.2 Å². The largest absolute Gasteiger partial charge is 0.343 e. The summed E-state index contributed by atoms with van der Waals surface area (Å²) in [7, 11) is 0. The molecule has 1 amide bonds. The Labute approximate surface area is 256 Å². The number of halogens is 2. The van der Waals surface area contributed by atoms with Crippen LogP contribution in [0, 0.1) is 0 Å². The average molecular weight is 596 g/mol. The Bertz CT molecular complexity index is 1690. The molecule has 1 fully saturated rings. The first kappa shape index (κ1) is 28.4. The van der Waals surface area contributed by atoms with Crippen molar-refractivity contribution >= 4 is 40.0 Å². The zero-order valence-corrected chi connectivity index (χ0v) is 24.8. The maximum absolute atomic E-state index is 11.9. The molecule has 1 aliphatic rings. The van der Waals surface area contributed by atoms with E-state index in [0.717, 1.165) is 76.9 Å². The lowest BCUT2D eigenvalue weighted by atomic mass is 9.85. The third kappa shape index (κ3) is 6.49. The van der Waals surface area contributed by atoms with E-state index in [1.165, 1.54) is 0 Å². The van der Waals surface area contributed by atoms with E-state index in [1.807, 2.05) is 47.5 Å². The summed E-state index contributed by atoms with van der Waals surface area (Å²) in [6, 6.07) is 28.8. The Balaban J connectivity index is 1.34. The van der Waals surface area contributed by atoms with Crippen molar-refractivity contribution in [2.24, 2.45) is 0 Å². The minimum atomic E-state index is -0.0172. The lowest BCUT2D eigenvalue weighted by Crippen LogP contribution is -2.28. The number of hydrogen-bond acceptors (Lipinski definition) is 4. The van der Waals surface area contributed by atoms with Crippen LogP contribution in [-0.4, -0.2) is 40.4 Å². The number of fused-ring (bicyclic) bond motifs is 1. The van der Waals surface area contributed by atoms with Crippen molar-refractivity contribution in [3.63, 3.8) is 0 Å². The number of carbonyl (C=O) groups excluding carboxylic acids is 1. The number of benzene rings is 3. The first-order valence-corrected chi connectivity index (χ1v) is 15.1. The molecular formula is C35H32Cl2N4O. The van der Waals surface area contributed by atoms with Crippen LogP contribution in [0.15, 0.2) is 97.3 Å². The lowest BCUT2D eigenvalue weighted by Gasteiger charge is -2.20. The normalized spacial score (nSPS) is 14.0. The molecule has 42 heavy (non-hydrogen) atoms. The molecular weight excluding hydrogens is 563 g/mol. The van der Waals surface area contributed by atoms with Crippen LogP contribution in [0.4, 0.5) is 0 Å². The summed E-state index contributed by atoms with van der Waals surface area (Å²) in [6.45, 7) is 3.15. The molecule has 0 aliphatic carbocycles. The quantitative estimate of drug-likeness (QED) is 0.167. The maximum atomic E-state index is 11.9. The van der Waals surface area contributed by atoms with Gasteiger partial charge in [-0.2, -0.15) is 0 Å². The van der Waals surface area contributed by atoms with Gasteiger partial charge in [-0.25, -0.2) is 0 Å². The highest BCUT2D eigenvalue weighted by Crippen LogP contribution is 2.37. The van der Waals surface area contributed by atoms with E-state index >= 15 is 0 Å². The molecule has 212 valence electrons. The standard InChI is InChI=1S/C35H32Cl2N4O/c36-28-12-9-24(10-13-28)35(27-6-2-15-38-22-27)26-11-14-33-32(20-26)31(25-5-1-7-29(37)19-25)21-30(40-33)23-39-16-4-18-41-17-3-8-34(41)42/h1-2,5-7,9-15,19-22,35,39H,3-4,8,16-18,23H2. The maximum Gasteiger partial charge on any atom is 0.222 e. The first-order valence-electron chi connectivity index (χ1n) is 14.4. The molecule has 2 aromatic heterocycles.